The molecular weight excluding hydrogens is 227 g/mol. The molecule has 0 aromatic rings. The molecule has 0 atom stereocenters. The van der Waals surface area contributed by atoms with E-state index in [-0.39, 0.29) is 0 Å². The highest BCUT2D eigenvalue weighted by molar-refractivity contribution is 14.2. The first-order valence-electron chi connectivity index (χ1n) is 1.81. The van der Waals surface area contributed by atoms with E-state index in [9.17, 15) is 0 Å². The summed E-state index contributed by atoms with van der Waals surface area (Å²) in [6.45, 7) is 1.35. The first-order chi connectivity index (χ1) is 3.41. The summed E-state index contributed by atoms with van der Waals surface area (Å²) in [5, 5.41) is 0. The second kappa shape index (κ2) is 7.00. The van der Waals surface area contributed by atoms with E-state index in [0.717, 1.165) is 0 Å². The fourth-order valence-corrected chi connectivity index (χ4v) is 0.819. The molecule has 0 amide bonds. The van der Waals surface area contributed by atoms with E-state index < -0.39 is 0 Å². The molecule has 0 aliphatic carbocycles. The lowest BCUT2D eigenvalue weighted by atomic mass is 10.8. The third-order valence-electron chi connectivity index (χ3n) is 0.415. The van der Waals surface area contributed by atoms with Crippen molar-refractivity contribution in [2.24, 2.45) is 0 Å². The molecule has 44 valence electrons. The van der Waals surface area contributed by atoms with E-state index in [1.54, 1.807) is 7.11 Å². The summed E-state index contributed by atoms with van der Waals surface area (Å²) >= 11 is 2.07. The van der Waals surface area contributed by atoms with Gasteiger partial charge in [-0.25, -0.2) is 0 Å². The standard InChI is InChI=1S/C3H7IO2S/c1-5-2-3-6-7-4/h2-3H2,1H3. The summed E-state index contributed by atoms with van der Waals surface area (Å²) in [6.07, 6.45) is 0. The SMILES string of the molecule is COCCOSI. The molecule has 0 aliphatic rings. The lowest BCUT2D eigenvalue weighted by Gasteiger charge is -1.93. The Hall–Kier alpha value is 1.00. The highest BCUT2D eigenvalue weighted by Gasteiger charge is 1.80. The molecule has 0 rings (SSSR count). The minimum atomic E-state index is 0.671. The molecule has 0 saturated carbocycles. The summed E-state index contributed by atoms with van der Waals surface area (Å²) < 4.78 is 9.55. The van der Waals surface area contributed by atoms with Crippen molar-refractivity contribution in [3.05, 3.63) is 0 Å². The van der Waals surface area contributed by atoms with Gasteiger partial charge >= 0.3 is 0 Å². The molecule has 2 nitrogen and oxygen atoms in total. The molecule has 0 radical (unpaired) electrons. The summed E-state index contributed by atoms with van der Waals surface area (Å²) in [5.74, 6) is 0. The quantitative estimate of drug-likeness (QED) is 0.418. The molecule has 0 bridgehead atoms. The van der Waals surface area contributed by atoms with E-state index in [1.165, 1.54) is 9.21 Å². The summed E-state index contributed by atoms with van der Waals surface area (Å²) in [5.41, 5.74) is 0. The van der Waals surface area contributed by atoms with Gasteiger partial charge in [0.05, 0.1) is 22.4 Å². The van der Waals surface area contributed by atoms with Gasteiger partial charge in [0.1, 0.15) is 0 Å². The average Bonchev–Trinajstić information content (AvgIpc) is 1.69. The van der Waals surface area contributed by atoms with Crippen LogP contribution in [0.2, 0.25) is 0 Å². The Bertz CT molecular complexity index is 32.1. The van der Waals surface area contributed by atoms with Crippen molar-refractivity contribution in [3.8, 4) is 0 Å². The molecule has 0 N–H and O–H groups in total. The Kier molecular flexibility index (Phi) is 8.00. The second-order valence-electron chi connectivity index (χ2n) is 0.878. The lowest BCUT2D eigenvalue weighted by Crippen LogP contribution is -1.94. The van der Waals surface area contributed by atoms with Gasteiger partial charge < -0.3 is 8.92 Å². The van der Waals surface area contributed by atoms with Crippen molar-refractivity contribution < 1.29 is 8.92 Å². The molecule has 0 spiro atoms. The smallest absolute Gasteiger partial charge is 0.0857 e. The fraction of sp³-hybridized carbons (Fsp3) is 1.00. The largest absolute Gasteiger partial charge is 0.382 e. The van der Waals surface area contributed by atoms with Crippen LogP contribution in [0, 0.1) is 0 Å². The Morgan fingerprint density at radius 1 is 1.57 bits per heavy atom. The Morgan fingerprint density at radius 3 is 2.71 bits per heavy atom. The molecule has 0 aromatic heterocycles. The summed E-state index contributed by atoms with van der Waals surface area (Å²) in [6, 6.07) is 0. The van der Waals surface area contributed by atoms with Gasteiger partial charge in [-0.05, 0) is 0 Å². The molecule has 7 heavy (non-hydrogen) atoms. The third-order valence-corrected chi connectivity index (χ3v) is 1.43. The number of methoxy groups -OCH3 is 1. The van der Waals surface area contributed by atoms with E-state index in [2.05, 4.69) is 21.2 Å². The average molecular weight is 234 g/mol. The highest BCUT2D eigenvalue weighted by Crippen LogP contribution is 2.10. The lowest BCUT2D eigenvalue weighted by molar-refractivity contribution is 0.158. The number of halogens is 1. The first kappa shape index (κ1) is 8.00. The zero-order valence-corrected chi connectivity index (χ0v) is 6.99. The minimum absolute atomic E-state index is 0.671. The number of hydrogen-bond acceptors (Lipinski definition) is 3. The van der Waals surface area contributed by atoms with Gasteiger partial charge in [0.2, 0.25) is 0 Å². The van der Waals surface area contributed by atoms with E-state index >= 15 is 0 Å². The predicted octanol–water partition coefficient (Wildman–Crippen LogP) is 1.65. The van der Waals surface area contributed by atoms with Crippen LogP contribution in [-0.4, -0.2) is 20.3 Å². The van der Waals surface area contributed by atoms with Crippen molar-refractivity contribution in [1.29, 1.82) is 0 Å². The molecule has 0 heterocycles. The van der Waals surface area contributed by atoms with Gasteiger partial charge in [-0.3, -0.25) is 0 Å². The molecule has 0 saturated heterocycles. The summed E-state index contributed by atoms with van der Waals surface area (Å²) in [4.78, 5) is 0. The molecule has 4 heteroatoms. The van der Waals surface area contributed by atoms with Crippen LogP contribution in [-0.2, 0) is 8.92 Å². The molecule has 0 aliphatic heterocycles. The van der Waals surface area contributed by atoms with Crippen molar-refractivity contribution in [2.45, 2.75) is 0 Å². The topological polar surface area (TPSA) is 18.5 Å². The summed E-state index contributed by atoms with van der Waals surface area (Å²) in [7, 11) is 2.99. The molecule has 0 fully saturated rings. The zero-order chi connectivity index (χ0) is 5.54. The van der Waals surface area contributed by atoms with Crippen molar-refractivity contribution >= 4 is 30.4 Å². The molecule has 0 unspecified atom stereocenters. The highest BCUT2D eigenvalue weighted by atomic mass is 127. The molecule has 0 aromatic carbocycles. The van der Waals surface area contributed by atoms with Gasteiger partial charge in [0, 0.05) is 28.3 Å². The van der Waals surface area contributed by atoms with Crippen molar-refractivity contribution in [1.82, 2.24) is 0 Å². The maximum Gasteiger partial charge on any atom is 0.0857 e. The van der Waals surface area contributed by atoms with Gasteiger partial charge in [-0.15, -0.1) is 0 Å². The monoisotopic (exact) mass is 234 g/mol. The van der Waals surface area contributed by atoms with Gasteiger partial charge in [-0.1, -0.05) is 0 Å². The van der Waals surface area contributed by atoms with Crippen LogP contribution in [0.1, 0.15) is 0 Å². The normalized spacial score (nSPS) is 9.43. The van der Waals surface area contributed by atoms with Crippen LogP contribution in [0.15, 0.2) is 0 Å². The van der Waals surface area contributed by atoms with E-state index in [4.69, 9.17) is 8.92 Å². The third kappa shape index (κ3) is 7.00. The zero-order valence-electron chi connectivity index (χ0n) is 4.02. The van der Waals surface area contributed by atoms with Crippen LogP contribution in [0.5, 0.6) is 0 Å². The Labute approximate surface area is 59.7 Å². The van der Waals surface area contributed by atoms with Crippen LogP contribution in [0.4, 0.5) is 0 Å². The number of ether oxygens (including phenoxy) is 1. The number of rotatable bonds is 4. The van der Waals surface area contributed by atoms with Crippen molar-refractivity contribution in [2.75, 3.05) is 20.3 Å². The van der Waals surface area contributed by atoms with Crippen LogP contribution < -0.4 is 0 Å². The molecular formula is C3H7IO2S. The maximum absolute atomic E-state index is 4.85. The van der Waals surface area contributed by atoms with Gasteiger partial charge in [0.25, 0.3) is 0 Å². The van der Waals surface area contributed by atoms with Crippen molar-refractivity contribution in [3.63, 3.8) is 0 Å². The number of hydrogen-bond donors (Lipinski definition) is 0. The van der Waals surface area contributed by atoms with Gasteiger partial charge in [0.15, 0.2) is 0 Å². The first-order valence-corrected chi connectivity index (χ1v) is 5.09. The fourth-order valence-electron chi connectivity index (χ4n) is 0.149. The maximum atomic E-state index is 4.85. The van der Waals surface area contributed by atoms with E-state index in [1.807, 2.05) is 0 Å². The predicted molar refractivity (Wildman–Crippen MR) is 39.4 cm³/mol. The van der Waals surface area contributed by atoms with E-state index in [0.29, 0.717) is 13.2 Å². The Morgan fingerprint density at radius 2 is 2.29 bits per heavy atom. The minimum Gasteiger partial charge on any atom is -0.382 e. The van der Waals surface area contributed by atoms with Gasteiger partial charge in [-0.2, -0.15) is 0 Å². The Balaban J connectivity index is 2.45. The van der Waals surface area contributed by atoms with Crippen LogP contribution >= 0.6 is 30.4 Å². The van der Waals surface area contributed by atoms with Crippen LogP contribution in [0.3, 0.4) is 0 Å². The van der Waals surface area contributed by atoms with Crippen LogP contribution in [0.25, 0.3) is 0 Å². The second-order valence-corrected chi connectivity index (χ2v) is 2.32.